The minimum Gasteiger partial charge on any atom is -0.495 e. The van der Waals surface area contributed by atoms with Gasteiger partial charge in [-0.15, -0.1) is 0 Å². The molecule has 1 aromatic carbocycles. The molecule has 0 saturated carbocycles. The smallest absolute Gasteiger partial charge is 0.235 e. The number of nitrogens with zero attached hydrogens (tertiary/aromatic N) is 1. The Morgan fingerprint density at radius 2 is 2.18 bits per heavy atom. The molecule has 0 aromatic heterocycles. The summed E-state index contributed by atoms with van der Waals surface area (Å²) in [7, 11) is 1.51. The molecule has 92 valence electrons. The predicted octanol–water partition coefficient (Wildman–Crippen LogP) is 1.02. The number of hydrogen-bond donors (Lipinski definition) is 3. The highest BCUT2D eigenvalue weighted by Crippen LogP contribution is 2.23. The molecule has 1 amide bonds. The molecule has 1 aromatic rings. The number of nitrogens with one attached hydrogen (secondary N) is 1. The number of benzene rings is 1. The molecule has 1 atom stereocenters. The molecule has 0 heterocycles. The summed E-state index contributed by atoms with van der Waals surface area (Å²) in [5.74, 6) is -0.681. The highest BCUT2D eigenvalue weighted by molar-refractivity contribution is 6.07. The van der Waals surface area contributed by atoms with E-state index in [1.807, 2.05) is 0 Å². The Labute approximate surface area is 99.1 Å². The Bertz CT molecular complexity index is 432. The number of anilines is 1. The van der Waals surface area contributed by atoms with Crippen molar-refractivity contribution in [2.45, 2.75) is 6.92 Å². The summed E-state index contributed by atoms with van der Waals surface area (Å²) in [6, 6.07) is 6.99. The molecular formula is C11H15N3O3. The highest BCUT2D eigenvalue weighted by atomic mass is 16.5. The fraction of sp³-hybridized carbons (Fsp3) is 0.273. The largest absolute Gasteiger partial charge is 0.495 e. The van der Waals surface area contributed by atoms with Gasteiger partial charge in [0.25, 0.3) is 0 Å². The van der Waals surface area contributed by atoms with Gasteiger partial charge in [-0.2, -0.15) is 0 Å². The lowest BCUT2D eigenvalue weighted by atomic mass is 10.1. The van der Waals surface area contributed by atoms with E-state index >= 15 is 0 Å². The van der Waals surface area contributed by atoms with Crippen molar-refractivity contribution < 1.29 is 14.7 Å². The third-order valence-corrected chi connectivity index (χ3v) is 2.32. The first-order valence-corrected chi connectivity index (χ1v) is 5.01. The van der Waals surface area contributed by atoms with Crippen molar-refractivity contribution in [3.63, 3.8) is 0 Å². The number of nitrogens with two attached hydrogens (primary N) is 1. The van der Waals surface area contributed by atoms with Gasteiger partial charge < -0.3 is 21.0 Å². The van der Waals surface area contributed by atoms with Crippen molar-refractivity contribution in [1.82, 2.24) is 0 Å². The molecule has 0 fully saturated rings. The lowest BCUT2D eigenvalue weighted by molar-refractivity contribution is -0.117. The Morgan fingerprint density at radius 1 is 1.53 bits per heavy atom. The fourth-order valence-electron chi connectivity index (χ4n) is 1.21. The summed E-state index contributed by atoms with van der Waals surface area (Å²) < 4.78 is 5.09. The van der Waals surface area contributed by atoms with Crippen molar-refractivity contribution in [1.29, 1.82) is 0 Å². The van der Waals surface area contributed by atoms with E-state index < -0.39 is 5.92 Å². The molecule has 1 unspecified atom stereocenters. The molecule has 4 N–H and O–H groups in total. The van der Waals surface area contributed by atoms with Gasteiger partial charge >= 0.3 is 0 Å². The fourth-order valence-corrected chi connectivity index (χ4v) is 1.21. The van der Waals surface area contributed by atoms with Crippen molar-refractivity contribution in [3.8, 4) is 5.75 Å². The molecule has 0 aliphatic rings. The van der Waals surface area contributed by atoms with Crippen LogP contribution in [0, 0.1) is 5.92 Å². The summed E-state index contributed by atoms with van der Waals surface area (Å²) in [6.45, 7) is 1.54. The molecule has 0 radical (unpaired) electrons. The molecule has 6 nitrogen and oxygen atoms in total. The number of carbonyl (C=O) groups excluding carboxylic acids is 1. The van der Waals surface area contributed by atoms with Crippen molar-refractivity contribution in [3.05, 3.63) is 24.3 Å². The number of rotatable bonds is 4. The van der Waals surface area contributed by atoms with Crippen LogP contribution >= 0.6 is 0 Å². The van der Waals surface area contributed by atoms with E-state index in [1.165, 1.54) is 7.11 Å². The summed E-state index contributed by atoms with van der Waals surface area (Å²) in [5.41, 5.74) is 5.89. The predicted molar refractivity (Wildman–Crippen MR) is 64.2 cm³/mol. The van der Waals surface area contributed by atoms with E-state index in [0.717, 1.165) is 0 Å². The zero-order valence-corrected chi connectivity index (χ0v) is 9.68. The third-order valence-electron chi connectivity index (χ3n) is 2.32. The number of amides is 1. The molecule has 0 saturated heterocycles. The van der Waals surface area contributed by atoms with Crippen LogP contribution < -0.4 is 15.8 Å². The van der Waals surface area contributed by atoms with Gasteiger partial charge in [0.1, 0.15) is 5.75 Å². The Balaban J connectivity index is 2.81. The van der Waals surface area contributed by atoms with E-state index in [0.29, 0.717) is 11.4 Å². The van der Waals surface area contributed by atoms with Crippen LogP contribution in [0.3, 0.4) is 0 Å². The van der Waals surface area contributed by atoms with Gasteiger partial charge in [-0.3, -0.25) is 4.79 Å². The van der Waals surface area contributed by atoms with Gasteiger partial charge in [0.05, 0.1) is 18.7 Å². The first-order valence-electron chi connectivity index (χ1n) is 5.01. The Hall–Kier alpha value is -2.24. The second kappa shape index (κ2) is 5.74. The SMILES string of the molecule is COc1ccccc1NC(=O)C(C)C(N)=NO. The first-order chi connectivity index (χ1) is 8.10. The van der Waals surface area contributed by atoms with Crippen LogP contribution in [0.2, 0.25) is 0 Å². The zero-order valence-electron chi connectivity index (χ0n) is 9.68. The van der Waals surface area contributed by atoms with Crippen LogP contribution in [0.4, 0.5) is 5.69 Å². The maximum Gasteiger partial charge on any atom is 0.235 e. The number of amidine groups is 1. The molecule has 0 aliphatic carbocycles. The maximum atomic E-state index is 11.7. The number of methoxy groups -OCH3 is 1. The molecule has 6 heteroatoms. The second-order valence-electron chi connectivity index (χ2n) is 3.44. The van der Waals surface area contributed by atoms with E-state index in [-0.39, 0.29) is 11.7 Å². The van der Waals surface area contributed by atoms with Gasteiger partial charge in [0.2, 0.25) is 5.91 Å². The second-order valence-corrected chi connectivity index (χ2v) is 3.44. The van der Waals surface area contributed by atoms with Crippen LogP contribution in [0.15, 0.2) is 29.4 Å². The number of oxime groups is 1. The van der Waals surface area contributed by atoms with Crippen molar-refractivity contribution in [2.75, 3.05) is 12.4 Å². The van der Waals surface area contributed by atoms with E-state index in [9.17, 15) is 4.79 Å². The lowest BCUT2D eigenvalue weighted by Gasteiger charge is -2.13. The molecule has 0 bridgehead atoms. The zero-order chi connectivity index (χ0) is 12.8. The van der Waals surface area contributed by atoms with Gasteiger partial charge in [-0.05, 0) is 19.1 Å². The number of carbonyl (C=O) groups is 1. The first kappa shape index (κ1) is 12.8. The van der Waals surface area contributed by atoms with Crippen LogP contribution in [0.25, 0.3) is 0 Å². The van der Waals surface area contributed by atoms with Crippen LogP contribution in [-0.4, -0.2) is 24.1 Å². The number of hydrogen-bond acceptors (Lipinski definition) is 4. The summed E-state index contributed by atoms with van der Waals surface area (Å²) in [5, 5.41) is 13.9. The van der Waals surface area contributed by atoms with Gasteiger partial charge in [-0.1, -0.05) is 17.3 Å². The molecule has 0 aliphatic heterocycles. The third kappa shape index (κ3) is 3.10. The molecule has 0 spiro atoms. The molecule has 17 heavy (non-hydrogen) atoms. The highest BCUT2D eigenvalue weighted by Gasteiger charge is 2.18. The Kier molecular flexibility index (Phi) is 4.33. The van der Waals surface area contributed by atoms with Crippen LogP contribution in [0.1, 0.15) is 6.92 Å². The summed E-state index contributed by atoms with van der Waals surface area (Å²) >= 11 is 0. The normalized spacial score (nSPS) is 12.9. The maximum absolute atomic E-state index is 11.7. The summed E-state index contributed by atoms with van der Waals surface area (Å²) in [4.78, 5) is 11.7. The minimum atomic E-state index is -0.718. The van der Waals surface area contributed by atoms with Crippen molar-refractivity contribution in [2.24, 2.45) is 16.8 Å². The minimum absolute atomic E-state index is 0.141. The molecular weight excluding hydrogens is 222 g/mol. The van der Waals surface area contributed by atoms with Gasteiger partial charge in [0, 0.05) is 0 Å². The van der Waals surface area contributed by atoms with Gasteiger partial charge in [0.15, 0.2) is 5.84 Å². The topological polar surface area (TPSA) is 96.9 Å². The van der Waals surface area contributed by atoms with Crippen LogP contribution in [0.5, 0.6) is 5.75 Å². The van der Waals surface area contributed by atoms with E-state index in [2.05, 4.69) is 10.5 Å². The monoisotopic (exact) mass is 237 g/mol. The Morgan fingerprint density at radius 3 is 2.76 bits per heavy atom. The van der Waals surface area contributed by atoms with E-state index in [4.69, 9.17) is 15.7 Å². The van der Waals surface area contributed by atoms with Crippen molar-refractivity contribution >= 4 is 17.4 Å². The standard InChI is InChI=1S/C11H15N3O3/c1-7(10(12)14-16)11(15)13-8-5-3-4-6-9(8)17-2/h3-7,16H,1-2H3,(H2,12,14)(H,13,15). The average Bonchev–Trinajstić information content (AvgIpc) is 2.37. The number of para-hydroxylation sites is 2. The average molecular weight is 237 g/mol. The lowest BCUT2D eigenvalue weighted by Crippen LogP contribution is -2.32. The van der Waals surface area contributed by atoms with E-state index in [1.54, 1.807) is 31.2 Å². The van der Waals surface area contributed by atoms with Crippen LogP contribution in [-0.2, 0) is 4.79 Å². The number of ether oxygens (including phenoxy) is 1. The van der Waals surface area contributed by atoms with Gasteiger partial charge in [-0.25, -0.2) is 0 Å². The summed E-state index contributed by atoms with van der Waals surface area (Å²) in [6.07, 6.45) is 0. The molecule has 1 rings (SSSR count). The quantitative estimate of drug-likeness (QED) is 0.315.